The fourth-order valence-electron chi connectivity index (χ4n) is 2.96. The molecule has 0 spiro atoms. The monoisotopic (exact) mass is 370 g/mol. The van der Waals surface area contributed by atoms with E-state index in [0.717, 1.165) is 0 Å². The van der Waals surface area contributed by atoms with Gasteiger partial charge in [0, 0.05) is 12.6 Å². The number of ether oxygens (including phenoxy) is 3. The molecule has 1 aliphatic heterocycles. The number of carbonyl (C=O) groups is 2. The van der Waals surface area contributed by atoms with Crippen LogP contribution in [0, 0.1) is 0 Å². The topological polar surface area (TPSA) is 77.1 Å². The Morgan fingerprint density at radius 3 is 2.70 bits per heavy atom. The zero-order valence-electron chi connectivity index (χ0n) is 15.5. The van der Waals surface area contributed by atoms with Crippen LogP contribution < -0.4 is 24.4 Å². The highest BCUT2D eigenvalue weighted by molar-refractivity contribution is 6.08. The first kappa shape index (κ1) is 18.6. The molecule has 27 heavy (non-hydrogen) atoms. The van der Waals surface area contributed by atoms with Gasteiger partial charge in [-0.15, -0.1) is 0 Å². The number of hydrogen-bond donors (Lipinski definition) is 1. The fraction of sp³-hybridized carbons (Fsp3) is 0.300. The van der Waals surface area contributed by atoms with Crippen molar-refractivity contribution >= 4 is 17.5 Å². The van der Waals surface area contributed by atoms with Gasteiger partial charge in [0.05, 0.1) is 25.9 Å². The number of fused-ring (bicyclic) bond motifs is 1. The molecular weight excluding hydrogens is 348 g/mol. The predicted molar refractivity (Wildman–Crippen MR) is 101 cm³/mol. The maximum absolute atomic E-state index is 13.2. The molecule has 0 saturated carbocycles. The van der Waals surface area contributed by atoms with Gasteiger partial charge in [-0.05, 0) is 37.3 Å². The second kappa shape index (κ2) is 7.99. The van der Waals surface area contributed by atoms with Crippen LogP contribution in [-0.2, 0) is 4.79 Å². The van der Waals surface area contributed by atoms with E-state index < -0.39 is 6.10 Å². The van der Waals surface area contributed by atoms with Crippen LogP contribution in [0.3, 0.4) is 0 Å². The van der Waals surface area contributed by atoms with Crippen molar-refractivity contribution in [3.63, 3.8) is 0 Å². The molecule has 142 valence electrons. The molecule has 2 aromatic carbocycles. The highest BCUT2D eigenvalue weighted by atomic mass is 16.5. The zero-order valence-corrected chi connectivity index (χ0v) is 15.5. The van der Waals surface area contributed by atoms with E-state index in [1.165, 1.54) is 14.2 Å². The second-order valence-electron chi connectivity index (χ2n) is 5.90. The first-order valence-electron chi connectivity index (χ1n) is 8.69. The number of anilines is 1. The predicted octanol–water partition coefficient (Wildman–Crippen LogP) is 2.25. The number of amides is 2. The number of nitrogens with one attached hydrogen (secondary N) is 1. The summed E-state index contributed by atoms with van der Waals surface area (Å²) in [7, 11) is 3.06. The third-order valence-corrected chi connectivity index (χ3v) is 4.27. The minimum absolute atomic E-state index is 0.116. The van der Waals surface area contributed by atoms with Gasteiger partial charge < -0.3 is 24.4 Å². The first-order chi connectivity index (χ1) is 13.1. The van der Waals surface area contributed by atoms with Gasteiger partial charge >= 0.3 is 0 Å². The largest absolute Gasteiger partial charge is 0.493 e. The molecule has 2 amide bonds. The molecule has 2 aromatic rings. The van der Waals surface area contributed by atoms with Crippen molar-refractivity contribution in [2.24, 2.45) is 0 Å². The molecule has 0 unspecified atom stereocenters. The number of nitrogens with zero attached hydrogens (tertiary/aromatic N) is 1. The summed E-state index contributed by atoms with van der Waals surface area (Å²) in [5, 5.41) is 2.57. The summed E-state index contributed by atoms with van der Waals surface area (Å²) in [5.41, 5.74) is 1.05. The molecule has 1 N–H and O–H groups in total. The van der Waals surface area contributed by atoms with Gasteiger partial charge in [-0.3, -0.25) is 9.59 Å². The molecule has 0 aromatic heterocycles. The molecule has 0 radical (unpaired) electrons. The molecule has 0 bridgehead atoms. The second-order valence-corrected chi connectivity index (χ2v) is 5.90. The third kappa shape index (κ3) is 3.67. The molecule has 1 heterocycles. The number of rotatable bonds is 5. The average molecular weight is 370 g/mol. The van der Waals surface area contributed by atoms with E-state index in [1.807, 2.05) is 13.0 Å². The van der Waals surface area contributed by atoms with Crippen molar-refractivity contribution in [2.45, 2.75) is 13.0 Å². The number of hydrogen-bond acceptors (Lipinski definition) is 5. The highest BCUT2D eigenvalue weighted by Gasteiger charge is 2.34. The minimum atomic E-state index is -0.779. The first-order valence-corrected chi connectivity index (χ1v) is 8.69. The summed E-state index contributed by atoms with van der Waals surface area (Å²) < 4.78 is 16.6. The zero-order chi connectivity index (χ0) is 19.4. The molecule has 7 nitrogen and oxygen atoms in total. The summed E-state index contributed by atoms with van der Waals surface area (Å²) in [6.07, 6.45) is -0.779. The van der Waals surface area contributed by atoms with Crippen LogP contribution in [-0.4, -0.2) is 45.2 Å². The van der Waals surface area contributed by atoms with Gasteiger partial charge in [-0.2, -0.15) is 0 Å². The molecular formula is C20H22N2O5. The lowest BCUT2D eigenvalue weighted by atomic mass is 10.1. The van der Waals surface area contributed by atoms with Gasteiger partial charge in [0.15, 0.2) is 17.6 Å². The van der Waals surface area contributed by atoms with Crippen LogP contribution in [0.2, 0.25) is 0 Å². The Morgan fingerprint density at radius 1 is 1.22 bits per heavy atom. The van der Waals surface area contributed by atoms with Gasteiger partial charge in [0.25, 0.3) is 11.8 Å². The Balaban J connectivity index is 1.96. The van der Waals surface area contributed by atoms with Crippen molar-refractivity contribution in [2.75, 3.05) is 32.2 Å². The van der Waals surface area contributed by atoms with Crippen molar-refractivity contribution in [3.8, 4) is 17.2 Å². The van der Waals surface area contributed by atoms with E-state index >= 15 is 0 Å². The Hall–Kier alpha value is -3.22. The SMILES string of the molecule is CCOc1ccc(C(=O)N2C[C@@H](C(=O)NC)Oc3ccccc32)cc1OC. The van der Waals surface area contributed by atoms with E-state index in [0.29, 0.717) is 35.1 Å². The van der Waals surface area contributed by atoms with E-state index in [4.69, 9.17) is 14.2 Å². The molecule has 0 aliphatic carbocycles. The van der Waals surface area contributed by atoms with Gasteiger partial charge in [-0.1, -0.05) is 12.1 Å². The van der Waals surface area contributed by atoms with Gasteiger partial charge in [-0.25, -0.2) is 0 Å². The standard InChI is InChI=1S/C20H22N2O5/c1-4-26-16-10-9-13(11-17(16)25-3)20(24)22-12-18(19(23)21-2)27-15-8-6-5-7-14(15)22/h5-11,18H,4,12H2,1-3H3,(H,21,23)/t18-/m0/s1. The Bertz CT molecular complexity index is 852. The van der Waals surface area contributed by atoms with Crippen molar-refractivity contribution in [1.29, 1.82) is 0 Å². The molecule has 0 saturated heterocycles. The third-order valence-electron chi connectivity index (χ3n) is 4.27. The number of methoxy groups -OCH3 is 1. The average Bonchev–Trinajstić information content (AvgIpc) is 2.72. The van der Waals surface area contributed by atoms with E-state index in [9.17, 15) is 9.59 Å². The quantitative estimate of drug-likeness (QED) is 0.874. The molecule has 1 aliphatic rings. The van der Waals surface area contributed by atoms with Gasteiger partial charge in [0.1, 0.15) is 5.75 Å². The number of benzene rings is 2. The van der Waals surface area contributed by atoms with Crippen LogP contribution in [0.15, 0.2) is 42.5 Å². The van der Waals surface area contributed by atoms with Crippen molar-refractivity contribution < 1.29 is 23.8 Å². The van der Waals surface area contributed by atoms with Crippen LogP contribution in [0.25, 0.3) is 0 Å². The Kier molecular flexibility index (Phi) is 5.49. The lowest BCUT2D eigenvalue weighted by molar-refractivity contribution is -0.127. The number of para-hydroxylation sites is 2. The normalized spacial score (nSPS) is 15.4. The maximum Gasteiger partial charge on any atom is 0.262 e. The summed E-state index contributed by atoms with van der Waals surface area (Å²) in [6, 6.07) is 12.2. The number of carbonyl (C=O) groups excluding carboxylic acids is 2. The molecule has 3 rings (SSSR count). The van der Waals surface area contributed by atoms with Crippen LogP contribution in [0.1, 0.15) is 17.3 Å². The number of likely N-dealkylation sites (N-methyl/N-ethyl adjacent to an activating group) is 1. The summed E-state index contributed by atoms with van der Waals surface area (Å²) in [6.45, 7) is 2.49. The summed E-state index contributed by atoms with van der Waals surface area (Å²) >= 11 is 0. The van der Waals surface area contributed by atoms with Crippen LogP contribution in [0.4, 0.5) is 5.69 Å². The highest BCUT2D eigenvalue weighted by Crippen LogP contribution is 2.35. The lowest BCUT2D eigenvalue weighted by Crippen LogP contribution is -2.50. The van der Waals surface area contributed by atoms with Crippen molar-refractivity contribution in [3.05, 3.63) is 48.0 Å². The van der Waals surface area contributed by atoms with E-state index in [2.05, 4.69) is 5.32 Å². The minimum Gasteiger partial charge on any atom is -0.493 e. The van der Waals surface area contributed by atoms with E-state index in [-0.39, 0.29) is 18.4 Å². The Labute approximate surface area is 157 Å². The maximum atomic E-state index is 13.2. The van der Waals surface area contributed by atoms with Crippen LogP contribution in [0.5, 0.6) is 17.2 Å². The lowest BCUT2D eigenvalue weighted by Gasteiger charge is -2.34. The fourth-order valence-corrected chi connectivity index (χ4v) is 2.96. The van der Waals surface area contributed by atoms with Gasteiger partial charge in [0.2, 0.25) is 0 Å². The molecule has 7 heteroatoms. The van der Waals surface area contributed by atoms with E-state index in [1.54, 1.807) is 41.3 Å². The molecule has 1 atom stereocenters. The van der Waals surface area contributed by atoms with Crippen LogP contribution >= 0.6 is 0 Å². The molecule has 0 fully saturated rings. The summed E-state index contributed by atoms with van der Waals surface area (Å²) in [4.78, 5) is 26.8. The Morgan fingerprint density at radius 2 is 2.00 bits per heavy atom. The van der Waals surface area contributed by atoms with Crippen molar-refractivity contribution in [1.82, 2.24) is 5.32 Å². The summed E-state index contributed by atoms with van der Waals surface area (Å²) in [5.74, 6) is 1.01. The smallest absolute Gasteiger partial charge is 0.262 e.